The smallest absolute Gasteiger partial charge is 0.136 e. The molecule has 0 amide bonds. The highest BCUT2D eigenvalue weighted by Crippen LogP contribution is 2.38. The van der Waals surface area contributed by atoms with Crippen molar-refractivity contribution in [1.29, 1.82) is 0 Å². The van der Waals surface area contributed by atoms with Crippen LogP contribution in [0, 0.1) is 0 Å². The summed E-state index contributed by atoms with van der Waals surface area (Å²) in [6.45, 7) is 0. The molecule has 0 spiro atoms. The monoisotopic (exact) mass is 145 g/mol. The van der Waals surface area contributed by atoms with Gasteiger partial charge < -0.3 is 0 Å². The SMILES string of the molecule is FC1=[S+]C(F)(F)S1. The Morgan fingerprint density at radius 1 is 1.57 bits per heavy atom. The summed E-state index contributed by atoms with van der Waals surface area (Å²) in [5.74, 6) is 0. The van der Waals surface area contributed by atoms with E-state index in [0.29, 0.717) is 0 Å². The predicted octanol–water partition coefficient (Wildman–Crippen LogP) is 1.42. The summed E-state index contributed by atoms with van der Waals surface area (Å²) in [7, 11) is 0. The summed E-state index contributed by atoms with van der Waals surface area (Å²) < 4.78 is 30.7. The van der Waals surface area contributed by atoms with Crippen LogP contribution in [0.2, 0.25) is 0 Å². The van der Waals surface area contributed by atoms with Crippen molar-refractivity contribution >= 4 is 27.6 Å². The average Bonchev–Trinajstić information content (AvgIpc) is 1.27. The average molecular weight is 145 g/mol. The molecule has 0 aliphatic carbocycles. The fraction of sp³-hybridized carbons (Fsp3) is 0.500. The van der Waals surface area contributed by atoms with E-state index in [1.807, 2.05) is 0 Å². The van der Waals surface area contributed by atoms with Gasteiger partial charge in [-0.1, -0.05) is 0 Å². The number of thioether (sulfide) groups is 1. The Bertz CT molecular complexity index is 118. The van der Waals surface area contributed by atoms with Crippen LogP contribution in [-0.4, -0.2) is 9.04 Å². The molecule has 0 radical (unpaired) electrons. The van der Waals surface area contributed by atoms with E-state index in [-0.39, 0.29) is 23.1 Å². The quantitative estimate of drug-likeness (QED) is 0.282. The summed E-state index contributed by atoms with van der Waals surface area (Å²) in [6.07, 6.45) is 0. The highest BCUT2D eigenvalue weighted by Gasteiger charge is 2.58. The van der Waals surface area contributed by atoms with Crippen molar-refractivity contribution < 1.29 is 13.2 Å². The standard InChI is InChI=1S/C2F3S2/c3-1-6-2(4,5)7-1/q+1. The van der Waals surface area contributed by atoms with Gasteiger partial charge >= 0.3 is 20.4 Å². The molecule has 40 valence electrons. The molecule has 0 aromatic heterocycles. The number of rotatable bonds is 0. The summed E-state index contributed by atoms with van der Waals surface area (Å²) >= 11 is -0.0694. The van der Waals surface area contributed by atoms with E-state index >= 15 is 0 Å². The van der Waals surface area contributed by atoms with E-state index in [4.69, 9.17) is 0 Å². The van der Waals surface area contributed by atoms with E-state index in [1.165, 1.54) is 0 Å². The molecule has 1 heterocycles. The molecule has 7 heavy (non-hydrogen) atoms. The number of hydrogen-bond acceptors (Lipinski definition) is 1. The lowest BCUT2D eigenvalue weighted by Crippen LogP contribution is -2.22. The van der Waals surface area contributed by atoms with Crippen LogP contribution >= 0.6 is 11.8 Å². The lowest BCUT2D eigenvalue weighted by Gasteiger charge is -1.98. The molecule has 0 saturated heterocycles. The maximum Gasteiger partial charge on any atom is 0.545 e. The molecule has 0 unspecified atom stereocenters. The number of halogens is 3. The summed E-state index contributed by atoms with van der Waals surface area (Å²) in [6, 6.07) is 0. The minimum Gasteiger partial charge on any atom is -0.136 e. The molecule has 1 aliphatic heterocycles. The van der Waals surface area contributed by atoms with Crippen molar-refractivity contribution in [2.45, 2.75) is 4.59 Å². The van der Waals surface area contributed by atoms with Gasteiger partial charge in [0.25, 0.3) is 0 Å². The second-order valence-corrected chi connectivity index (χ2v) is 3.57. The summed E-state index contributed by atoms with van der Waals surface area (Å²) in [5, 5.41) is 0. The topological polar surface area (TPSA) is 0 Å². The predicted molar refractivity (Wildman–Crippen MR) is 26.0 cm³/mol. The molecule has 0 saturated carbocycles. The lowest BCUT2D eigenvalue weighted by atomic mass is 11.6. The van der Waals surface area contributed by atoms with Gasteiger partial charge in [-0.05, 0) is 0 Å². The molecule has 0 fully saturated rings. The van der Waals surface area contributed by atoms with E-state index in [2.05, 4.69) is 0 Å². The third kappa shape index (κ3) is 1.07. The van der Waals surface area contributed by atoms with Crippen molar-refractivity contribution in [2.24, 2.45) is 0 Å². The molecule has 0 bridgehead atoms. The molecule has 0 aromatic rings. The Labute approximate surface area is 46.0 Å². The molecule has 1 aliphatic rings. The zero-order valence-corrected chi connectivity index (χ0v) is 4.58. The van der Waals surface area contributed by atoms with Crippen LogP contribution < -0.4 is 0 Å². The Balaban J connectivity index is 2.60. The van der Waals surface area contributed by atoms with Crippen molar-refractivity contribution in [3.05, 3.63) is 0 Å². The van der Waals surface area contributed by atoms with Crippen LogP contribution in [0.25, 0.3) is 0 Å². The van der Waals surface area contributed by atoms with E-state index in [1.54, 1.807) is 0 Å². The zero-order valence-electron chi connectivity index (χ0n) is 2.95. The van der Waals surface area contributed by atoms with Gasteiger partial charge in [0.05, 0.1) is 0 Å². The lowest BCUT2D eigenvalue weighted by molar-refractivity contribution is 0.212. The maximum absolute atomic E-state index is 11.5. The van der Waals surface area contributed by atoms with Crippen molar-refractivity contribution in [2.75, 3.05) is 0 Å². The highest BCUT2D eigenvalue weighted by atomic mass is 32.2. The normalized spacial score (nSPS) is 25.9. The van der Waals surface area contributed by atoms with Gasteiger partial charge in [-0.3, -0.25) is 0 Å². The van der Waals surface area contributed by atoms with Gasteiger partial charge in [0.15, 0.2) is 0 Å². The number of alkyl halides is 2. The Hall–Kier alpha value is 0.230. The van der Waals surface area contributed by atoms with Gasteiger partial charge in [0.1, 0.15) is 11.8 Å². The minimum atomic E-state index is -2.88. The second-order valence-electron chi connectivity index (χ2n) is 0.905. The molecule has 0 atom stereocenters. The zero-order chi connectivity index (χ0) is 5.49. The molecule has 5 heteroatoms. The minimum absolute atomic E-state index is 0.0347. The van der Waals surface area contributed by atoms with E-state index in [0.717, 1.165) is 0 Å². The Morgan fingerprint density at radius 3 is 2.00 bits per heavy atom. The van der Waals surface area contributed by atoms with Crippen LogP contribution in [0.4, 0.5) is 13.2 Å². The molecule has 0 aromatic carbocycles. The molecule has 1 rings (SSSR count). The Kier molecular flexibility index (Phi) is 1.04. The van der Waals surface area contributed by atoms with E-state index < -0.39 is 9.04 Å². The van der Waals surface area contributed by atoms with Crippen LogP contribution in [0.1, 0.15) is 0 Å². The van der Waals surface area contributed by atoms with Crippen LogP contribution in [0.3, 0.4) is 0 Å². The van der Waals surface area contributed by atoms with Crippen molar-refractivity contribution in [1.82, 2.24) is 0 Å². The van der Waals surface area contributed by atoms with Crippen molar-refractivity contribution in [3.8, 4) is 0 Å². The number of hydrogen-bond donors (Lipinski definition) is 0. The van der Waals surface area contributed by atoms with Crippen LogP contribution in [0.5, 0.6) is 0 Å². The fourth-order valence-corrected chi connectivity index (χ4v) is 1.40. The first-order chi connectivity index (χ1) is 3.10. The highest BCUT2D eigenvalue weighted by molar-refractivity contribution is 8.35. The molecule has 0 N–H and O–H groups in total. The van der Waals surface area contributed by atoms with Crippen LogP contribution in [-0.2, 0) is 11.4 Å². The summed E-state index contributed by atoms with van der Waals surface area (Å²) in [4.78, 5) is 0. The largest absolute Gasteiger partial charge is 0.545 e. The maximum atomic E-state index is 11.5. The van der Waals surface area contributed by atoms with Gasteiger partial charge in [0, 0.05) is 0 Å². The van der Waals surface area contributed by atoms with Gasteiger partial charge in [-0.15, -0.1) is 13.2 Å². The first-order valence-electron chi connectivity index (χ1n) is 1.38. The third-order valence-electron chi connectivity index (χ3n) is 0.398. The molecular weight excluding hydrogens is 145 g/mol. The van der Waals surface area contributed by atoms with Gasteiger partial charge in [-0.25, -0.2) is 0 Å². The third-order valence-corrected chi connectivity index (χ3v) is 2.19. The fourth-order valence-electron chi connectivity index (χ4n) is 0.194. The summed E-state index contributed by atoms with van der Waals surface area (Å²) in [5.41, 5.74) is 0. The first kappa shape index (κ1) is 5.37. The van der Waals surface area contributed by atoms with Crippen LogP contribution in [0.15, 0.2) is 0 Å². The second kappa shape index (κ2) is 1.35. The van der Waals surface area contributed by atoms with Gasteiger partial charge in [0.2, 0.25) is 0 Å². The van der Waals surface area contributed by atoms with E-state index in [9.17, 15) is 13.2 Å². The van der Waals surface area contributed by atoms with Crippen molar-refractivity contribution in [3.63, 3.8) is 0 Å². The first-order valence-corrected chi connectivity index (χ1v) is 3.02. The van der Waals surface area contributed by atoms with Gasteiger partial charge in [-0.2, -0.15) is 0 Å². The Morgan fingerprint density at radius 2 is 2.00 bits per heavy atom. The molecular formula is C2F3S2+. The molecule has 0 nitrogen and oxygen atoms in total.